The summed E-state index contributed by atoms with van der Waals surface area (Å²) in [6.07, 6.45) is 0.527. The maximum atomic E-state index is 12.5. The highest BCUT2D eigenvalue weighted by atomic mass is 32.2. The van der Waals surface area contributed by atoms with E-state index in [-0.39, 0.29) is 23.5 Å². The topological polar surface area (TPSA) is 66.5 Å². The molecule has 1 aromatic carbocycles. The molecule has 116 valence electrons. The minimum absolute atomic E-state index is 0.0732. The molecular weight excluding hydrogens is 288 g/mol. The molecule has 1 amide bonds. The van der Waals surface area contributed by atoms with Gasteiger partial charge < -0.3 is 10.2 Å². The van der Waals surface area contributed by atoms with Gasteiger partial charge in [0.15, 0.2) is 9.84 Å². The van der Waals surface area contributed by atoms with Crippen molar-refractivity contribution in [2.45, 2.75) is 26.3 Å². The lowest BCUT2D eigenvalue weighted by Gasteiger charge is -2.24. The number of amides is 1. The summed E-state index contributed by atoms with van der Waals surface area (Å²) in [5, 5.41) is 3.21. The largest absolute Gasteiger partial charge is 0.385 e. The summed E-state index contributed by atoms with van der Waals surface area (Å²) in [6, 6.07) is 5.41. The van der Waals surface area contributed by atoms with E-state index in [0.717, 1.165) is 17.8 Å². The van der Waals surface area contributed by atoms with Gasteiger partial charge in [0.1, 0.15) is 0 Å². The number of anilines is 1. The highest BCUT2D eigenvalue weighted by Gasteiger charge is 2.33. The van der Waals surface area contributed by atoms with Crippen molar-refractivity contribution in [1.29, 1.82) is 0 Å². The Morgan fingerprint density at radius 3 is 2.67 bits per heavy atom. The predicted octanol–water partition coefficient (Wildman–Crippen LogP) is 1.69. The van der Waals surface area contributed by atoms with Crippen molar-refractivity contribution < 1.29 is 13.2 Å². The lowest BCUT2D eigenvalue weighted by atomic mass is 10.1. The van der Waals surface area contributed by atoms with Crippen molar-refractivity contribution in [3.8, 4) is 0 Å². The Bertz CT molecular complexity index is 640. The maximum absolute atomic E-state index is 12.5. The van der Waals surface area contributed by atoms with E-state index in [4.69, 9.17) is 0 Å². The number of carbonyl (C=O) groups is 1. The van der Waals surface area contributed by atoms with Crippen LogP contribution < -0.4 is 5.32 Å². The van der Waals surface area contributed by atoms with E-state index in [1.807, 2.05) is 26.0 Å². The Morgan fingerprint density at radius 1 is 1.43 bits per heavy atom. The number of sulfone groups is 1. The Kier molecular flexibility index (Phi) is 4.56. The number of carbonyl (C=O) groups excluding carboxylic acids is 1. The zero-order valence-corrected chi connectivity index (χ0v) is 13.5. The van der Waals surface area contributed by atoms with Crippen molar-refractivity contribution in [2.75, 3.05) is 30.4 Å². The van der Waals surface area contributed by atoms with Crippen LogP contribution in [0.25, 0.3) is 0 Å². The molecule has 21 heavy (non-hydrogen) atoms. The molecule has 1 unspecified atom stereocenters. The molecule has 6 heteroatoms. The smallest absolute Gasteiger partial charge is 0.254 e. The van der Waals surface area contributed by atoms with Gasteiger partial charge in [0.25, 0.3) is 5.91 Å². The molecule has 1 aliphatic heterocycles. The Balaban J connectivity index is 2.16. The molecule has 1 fully saturated rings. The molecular formula is C15H22N2O3S. The quantitative estimate of drug-likeness (QED) is 0.919. The molecule has 0 spiro atoms. The summed E-state index contributed by atoms with van der Waals surface area (Å²) in [5.74, 6) is 0.134. The van der Waals surface area contributed by atoms with Gasteiger partial charge in [-0.25, -0.2) is 8.42 Å². The van der Waals surface area contributed by atoms with E-state index in [2.05, 4.69) is 5.32 Å². The fourth-order valence-corrected chi connectivity index (χ4v) is 4.43. The molecule has 1 N–H and O–H groups in total. The molecule has 0 bridgehead atoms. The summed E-state index contributed by atoms with van der Waals surface area (Å²) >= 11 is 0. The van der Waals surface area contributed by atoms with Crippen LogP contribution in [0.1, 0.15) is 29.3 Å². The third kappa shape index (κ3) is 3.56. The van der Waals surface area contributed by atoms with Crippen molar-refractivity contribution in [1.82, 2.24) is 4.90 Å². The van der Waals surface area contributed by atoms with Gasteiger partial charge in [0, 0.05) is 30.9 Å². The van der Waals surface area contributed by atoms with Gasteiger partial charge in [0.2, 0.25) is 0 Å². The van der Waals surface area contributed by atoms with Crippen molar-refractivity contribution in [2.24, 2.45) is 0 Å². The van der Waals surface area contributed by atoms with Crippen LogP contribution in [-0.2, 0) is 9.84 Å². The number of hydrogen-bond acceptors (Lipinski definition) is 4. The van der Waals surface area contributed by atoms with Gasteiger partial charge in [-0.15, -0.1) is 0 Å². The van der Waals surface area contributed by atoms with E-state index in [1.165, 1.54) is 0 Å². The lowest BCUT2D eigenvalue weighted by molar-refractivity contribution is 0.0747. The highest BCUT2D eigenvalue weighted by molar-refractivity contribution is 7.91. The van der Waals surface area contributed by atoms with E-state index in [9.17, 15) is 13.2 Å². The third-order valence-corrected chi connectivity index (χ3v) is 5.66. The van der Waals surface area contributed by atoms with Gasteiger partial charge in [0.05, 0.1) is 11.5 Å². The third-order valence-electron chi connectivity index (χ3n) is 3.91. The zero-order chi connectivity index (χ0) is 15.6. The van der Waals surface area contributed by atoms with Crippen LogP contribution in [0.4, 0.5) is 5.69 Å². The standard InChI is InChI=1S/C15H22N2O3S/c1-4-16-12-5-6-14(11(2)9-12)15(18)17(3)13-7-8-21(19,20)10-13/h5-6,9,13,16H,4,7-8,10H2,1-3H3. The van der Waals surface area contributed by atoms with Gasteiger partial charge in [-0.05, 0) is 44.0 Å². The van der Waals surface area contributed by atoms with E-state index in [0.29, 0.717) is 12.0 Å². The van der Waals surface area contributed by atoms with Crippen molar-refractivity contribution in [3.05, 3.63) is 29.3 Å². The molecule has 1 atom stereocenters. The molecule has 0 aromatic heterocycles. The Labute approximate surface area is 126 Å². The second kappa shape index (κ2) is 6.05. The number of aryl methyl sites for hydroxylation is 1. The van der Waals surface area contributed by atoms with E-state index in [1.54, 1.807) is 18.0 Å². The molecule has 1 aliphatic rings. The first-order valence-electron chi connectivity index (χ1n) is 7.16. The summed E-state index contributed by atoms with van der Waals surface area (Å²) in [7, 11) is -1.30. The number of rotatable bonds is 4. The molecule has 1 heterocycles. The van der Waals surface area contributed by atoms with Crippen LogP contribution >= 0.6 is 0 Å². The molecule has 0 saturated carbocycles. The average molecular weight is 310 g/mol. The fraction of sp³-hybridized carbons (Fsp3) is 0.533. The minimum atomic E-state index is -2.98. The van der Waals surface area contributed by atoms with Crippen LogP contribution in [0.3, 0.4) is 0 Å². The van der Waals surface area contributed by atoms with E-state index >= 15 is 0 Å². The SMILES string of the molecule is CCNc1ccc(C(=O)N(C)C2CCS(=O)(=O)C2)c(C)c1. The van der Waals surface area contributed by atoms with Crippen molar-refractivity contribution in [3.63, 3.8) is 0 Å². The second-order valence-corrected chi connectivity index (χ2v) is 7.76. The van der Waals surface area contributed by atoms with E-state index < -0.39 is 9.84 Å². The number of hydrogen-bond donors (Lipinski definition) is 1. The lowest BCUT2D eigenvalue weighted by Crippen LogP contribution is -2.38. The van der Waals surface area contributed by atoms with Gasteiger partial charge in [-0.2, -0.15) is 0 Å². The Morgan fingerprint density at radius 2 is 2.14 bits per heavy atom. The first-order chi connectivity index (χ1) is 9.84. The number of benzene rings is 1. The van der Waals surface area contributed by atoms with Gasteiger partial charge in [-0.3, -0.25) is 4.79 Å². The summed E-state index contributed by atoms with van der Waals surface area (Å²) in [5.41, 5.74) is 2.51. The highest BCUT2D eigenvalue weighted by Crippen LogP contribution is 2.21. The first kappa shape index (κ1) is 15.8. The van der Waals surface area contributed by atoms with Crippen LogP contribution in [-0.4, -0.2) is 50.4 Å². The fourth-order valence-electron chi connectivity index (χ4n) is 2.65. The van der Waals surface area contributed by atoms with Gasteiger partial charge >= 0.3 is 0 Å². The second-order valence-electron chi connectivity index (χ2n) is 5.53. The number of nitrogens with one attached hydrogen (secondary N) is 1. The van der Waals surface area contributed by atoms with Crippen LogP contribution in [0, 0.1) is 6.92 Å². The summed E-state index contributed by atoms with van der Waals surface area (Å²) in [6.45, 7) is 4.74. The van der Waals surface area contributed by atoms with Crippen LogP contribution in [0.5, 0.6) is 0 Å². The molecule has 1 aromatic rings. The average Bonchev–Trinajstić information content (AvgIpc) is 2.78. The molecule has 5 nitrogen and oxygen atoms in total. The first-order valence-corrected chi connectivity index (χ1v) is 8.98. The van der Waals surface area contributed by atoms with Crippen LogP contribution in [0.2, 0.25) is 0 Å². The molecule has 0 aliphatic carbocycles. The van der Waals surface area contributed by atoms with Crippen molar-refractivity contribution >= 4 is 21.4 Å². The van der Waals surface area contributed by atoms with Gasteiger partial charge in [-0.1, -0.05) is 0 Å². The summed E-state index contributed by atoms with van der Waals surface area (Å²) < 4.78 is 23.1. The zero-order valence-electron chi connectivity index (χ0n) is 12.7. The Hall–Kier alpha value is -1.56. The predicted molar refractivity (Wildman–Crippen MR) is 84.5 cm³/mol. The molecule has 1 saturated heterocycles. The molecule has 2 rings (SSSR count). The van der Waals surface area contributed by atoms with Crippen LogP contribution in [0.15, 0.2) is 18.2 Å². The summed E-state index contributed by atoms with van der Waals surface area (Å²) in [4.78, 5) is 14.1. The maximum Gasteiger partial charge on any atom is 0.254 e. The monoisotopic (exact) mass is 310 g/mol. The number of nitrogens with zero attached hydrogens (tertiary/aromatic N) is 1. The molecule has 0 radical (unpaired) electrons. The normalized spacial score (nSPS) is 20.2. The minimum Gasteiger partial charge on any atom is -0.385 e.